The Morgan fingerprint density at radius 1 is 1.03 bits per heavy atom. The molecule has 0 saturated carbocycles. The summed E-state index contributed by atoms with van der Waals surface area (Å²) in [7, 11) is 0. The van der Waals surface area contributed by atoms with Gasteiger partial charge in [-0.25, -0.2) is 0 Å². The Bertz CT molecular complexity index is 859. The molecule has 2 atom stereocenters. The van der Waals surface area contributed by atoms with Crippen molar-refractivity contribution in [1.82, 2.24) is 4.90 Å². The molecule has 2 amide bonds. The second kappa shape index (κ2) is 10.2. The van der Waals surface area contributed by atoms with E-state index in [2.05, 4.69) is 15.5 Å². The van der Waals surface area contributed by atoms with Crippen LogP contribution in [0.4, 0.5) is 11.4 Å². The molecule has 0 unspecified atom stereocenters. The summed E-state index contributed by atoms with van der Waals surface area (Å²) >= 11 is 0. The number of hydrogen-bond acceptors (Lipinski definition) is 5. The Balaban J connectivity index is 1.63. The fraction of sp³-hybridized carbons (Fsp3) is 0.391. The maximum absolute atomic E-state index is 12.8. The molecule has 0 aliphatic carbocycles. The van der Waals surface area contributed by atoms with Crippen LogP contribution in [0.15, 0.2) is 48.5 Å². The number of para-hydroxylation sites is 1. The SMILES string of the molecule is CCOc1ccc(NC(=O)c2ccccc2NC(=O)CN2C[C@@H](C)O[C@H](C)C2)cc1. The second-order valence-corrected chi connectivity index (χ2v) is 7.46. The largest absolute Gasteiger partial charge is 0.494 e. The van der Waals surface area contributed by atoms with Gasteiger partial charge in [-0.1, -0.05) is 12.1 Å². The van der Waals surface area contributed by atoms with Crippen LogP contribution in [0, 0.1) is 0 Å². The van der Waals surface area contributed by atoms with Gasteiger partial charge in [0.15, 0.2) is 0 Å². The van der Waals surface area contributed by atoms with Gasteiger partial charge >= 0.3 is 0 Å². The number of morpholine rings is 1. The number of hydrogen-bond donors (Lipinski definition) is 2. The summed E-state index contributed by atoms with van der Waals surface area (Å²) in [5.74, 6) is 0.302. The summed E-state index contributed by atoms with van der Waals surface area (Å²) in [4.78, 5) is 27.4. The van der Waals surface area contributed by atoms with Crippen molar-refractivity contribution in [3.05, 3.63) is 54.1 Å². The van der Waals surface area contributed by atoms with Crippen molar-refractivity contribution in [3.8, 4) is 5.75 Å². The van der Waals surface area contributed by atoms with E-state index in [4.69, 9.17) is 9.47 Å². The molecule has 7 heteroatoms. The van der Waals surface area contributed by atoms with Gasteiger partial charge in [0, 0.05) is 18.8 Å². The molecular formula is C23H29N3O4. The minimum absolute atomic E-state index is 0.0914. The second-order valence-electron chi connectivity index (χ2n) is 7.46. The lowest BCUT2D eigenvalue weighted by atomic mass is 10.1. The molecule has 1 saturated heterocycles. The molecular weight excluding hydrogens is 382 g/mol. The van der Waals surface area contributed by atoms with Gasteiger partial charge in [0.2, 0.25) is 5.91 Å². The quantitative estimate of drug-likeness (QED) is 0.730. The third-order valence-corrected chi connectivity index (χ3v) is 4.73. The van der Waals surface area contributed by atoms with E-state index in [-0.39, 0.29) is 30.6 Å². The standard InChI is InChI=1S/C23H29N3O4/c1-4-29-19-11-9-18(10-12-19)24-23(28)20-7-5-6-8-21(20)25-22(27)15-26-13-16(2)30-17(3)14-26/h5-12,16-17H,4,13-15H2,1-3H3,(H,24,28)(H,25,27)/t16-,17-/m1/s1. The third kappa shape index (κ3) is 6.05. The van der Waals surface area contributed by atoms with Gasteiger partial charge < -0.3 is 20.1 Å². The van der Waals surface area contributed by atoms with Crippen LogP contribution in [-0.4, -0.2) is 55.2 Å². The Hall–Kier alpha value is -2.90. The fourth-order valence-electron chi connectivity index (χ4n) is 3.60. The molecule has 0 bridgehead atoms. The first-order valence-corrected chi connectivity index (χ1v) is 10.3. The Morgan fingerprint density at radius 3 is 2.37 bits per heavy atom. The van der Waals surface area contributed by atoms with Gasteiger partial charge in [-0.15, -0.1) is 0 Å². The lowest BCUT2D eigenvalue weighted by Gasteiger charge is -2.34. The van der Waals surface area contributed by atoms with Crippen LogP contribution in [-0.2, 0) is 9.53 Å². The zero-order valence-corrected chi connectivity index (χ0v) is 17.7. The molecule has 3 rings (SSSR count). The molecule has 160 valence electrons. The lowest BCUT2D eigenvalue weighted by molar-refractivity contribution is -0.121. The van der Waals surface area contributed by atoms with Crippen molar-refractivity contribution in [1.29, 1.82) is 0 Å². The minimum Gasteiger partial charge on any atom is -0.494 e. The van der Waals surface area contributed by atoms with Gasteiger partial charge in [-0.2, -0.15) is 0 Å². The number of anilines is 2. The highest BCUT2D eigenvalue weighted by molar-refractivity contribution is 6.10. The molecule has 2 N–H and O–H groups in total. The summed E-state index contributed by atoms with van der Waals surface area (Å²) < 4.78 is 11.1. The van der Waals surface area contributed by atoms with Crippen LogP contribution in [0.1, 0.15) is 31.1 Å². The van der Waals surface area contributed by atoms with Crippen molar-refractivity contribution < 1.29 is 19.1 Å². The zero-order chi connectivity index (χ0) is 21.5. The van der Waals surface area contributed by atoms with Crippen molar-refractivity contribution in [2.75, 3.05) is 36.9 Å². The van der Waals surface area contributed by atoms with Crippen molar-refractivity contribution in [2.45, 2.75) is 33.0 Å². The summed E-state index contributed by atoms with van der Waals surface area (Å²) in [6.07, 6.45) is 0.183. The fourth-order valence-corrected chi connectivity index (χ4v) is 3.60. The average Bonchev–Trinajstić information content (AvgIpc) is 2.69. The van der Waals surface area contributed by atoms with E-state index < -0.39 is 0 Å². The first-order valence-electron chi connectivity index (χ1n) is 10.3. The van der Waals surface area contributed by atoms with Crippen LogP contribution in [0.5, 0.6) is 5.75 Å². The number of nitrogens with zero attached hydrogens (tertiary/aromatic N) is 1. The number of amides is 2. The zero-order valence-electron chi connectivity index (χ0n) is 17.7. The highest BCUT2D eigenvalue weighted by Gasteiger charge is 2.24. The van der Waals surface area contributed by atoms with Crippen molar-refractivity contribution >= 4 is 23.2 Å². The third-order valence-electron chi connectivity index (χ3n) is 4.73. The smallest absolute Gasteiger partial charge is 0.257 e. The average molecular weight is 412 g/mol. The molecule has 2 aromatic carbocycles. The molecule has 7 nitrogen and oxygen atoms in total. The summed E-state index contributed by atoms with van der Waals surface area (Å²) in [6.45, 7) is 8.17. The van der Waals surface area contributed by atoms with E-state index in [1.807, 2.05) is 20.8 Å². The van der Waals surface area contributed by atoms with E-state index in [1.165, 1.54) is 0 Å². The predicted octanol–water partition coefficient (Wildman–Crippen LogP) is 3.39. The van der Waals surface area contributed by atoms with Gasteiger partial charge in [0.05, 0.1) is 36.6 Å². The number of carbonyl (C=O) groups is 2. The predicted molar refractivity (Wildman–Crippen MR) is 117 cm³/mol. The number of benzene rings is 2. The maximum atomic E-state index is 12.8. The van der Waals surface area contributed by atoms with Crippen molar-refractivity contribution in [3.63, 3.8) is 0 Å². The van der Waals surface area contributed by atoms with Gasteiger partial charge in [0.1, 0.15) is 5.75 Å². The van der Waals surface area contributed by atoms with E-state index in [0.717, 1.165) is 5.75 Å². The van der Waals surface area contributed by atoms with Crippen LogP contribution in [0.25, 0.3) is 0 Å². The van der Waals surface area contributed by atoms with Gasteiger partial charge in [0.25, 0.3) is 5.91 Å². The highest BCUT2D eigenvalue weighted by Crippen LogP contribution is 2.20. The minimum atomic E-state index is -0.288. The van der Waals surface area contributed by atoms with Gasteiger partial charge in [-0.05, 0) is 57.2 Å². The van der Waals surface area contributed by atoms with Gasteiger partial charge in [-0.3, -0.25) is 14.5 Å². The lowest BCUT2D eigenvalue weighted by Crippen LogP contribution is -2.48. The summed E-state index contributed by atoms with van der Waals surface area (Å²) in [5.41, 5.74) is 1.55. The first kappa shape index (κ1) is 21.8. The number of rotatable bonds is 7. The van der Waals surface area contributed by atoms with Crippen molar-refractivity contribution in [2.24, 2.45) is 0 Å². The van der Waals surface area contributed by atoms with E-state index in [1.54, 1.807) is 48.5 Å². The molecule has 1 heterocycles. The molecule has 1 aliphatic heterocycles. The molecule has 0 spiro atoms. The Morgan fingerprint density at radius 2 is 1.70 bits per heavy atom. The highest BCUT2D eigenvalue weighted by atomic mass is 16.5. The molecule has 0 aromatic heterocycles. The van der Waals surface area contributed by atoms with E-state index in [0.29, 0.717) is 36.6 Å². The molecule has 1 fully saturated rings. The van der Waals surface area contributed by atoms with E-state index >= 15 is 0 Å². The van der Waals surface area contributed by atoms with Crippen LogP contribution in [0.3, 0.4) is 0 Å². The molecule has 30 heavy (non-hydrogen) atoms. The normalized spacial score (nSPS) is 19.2. The summed E-state index contributed by atoms with van der Waals surface area (Å²) in [6, 6.07) is 14.2. The van der Waals surface area contributed by atoms with E-state index in [9.17, 15) is 9.59 Å². The number of nitrogens with one attached hydrogen (secondary N) is 2. The van der Waals surface area contributed by atoms with Crippen LogP contribution >= 0.6 is 0 Å². The first-order chi connectivity index (χ1) is 14.4. The number of carbonyl (C=O) groups excluding carboxylic acids is 2. The summed E-state index contributed by atoms with van der Waals surface area (Å²) in [5, 5.41) is 5.74. The molecule has 2 aromatic rings. The Labute approximate surface area is 177 Å². The monoisotopic (exact) mass is 411 g/mol. The van der Waals surface area contributed by atoms with Crippen LogP contribution < -0.4 is 15.4 Å². The topological polar surface area (TPSA) is 79.9 Å². The Kier molecular flexibility index (Phi) is 7.43. The molecule has 0 radical (unpaired) electrons. The molecule has 1 aliphatic rings. The van der Waals surface area contributed by atoms with Crippen LogP contribution in [0.2, 0.25) is 0 Å². The maximum Gasteiger partial charge on any atom is 0.257 e. The number of ether oxygens (including phenoxy) is 2.